The molecule has 5 heteroatoms. The van der Waals surface area contributed by atoms with Gasteiger partial charge in [0.2, 0.25) is 0 Å². The van der Waals surface area contributed by atoms with Crippen LogP contribution in [0.4, 0.5) is 5.69 Å². The Bertz CT molecular complexity index is 398. The van der Waals surface area contributed by atoms with Crippen molar-refractivity contribution >= 4 is 34.5 Å². The van der Waals surface area contributed by atoms with Crippen LogP contribution in [0.15, 0.2) is 18.2 Å². The van der Waals surface area contributed by atoms with E-state index in [-0.39, 0.29) is 6.10 Å². The molecule has 0 fully saturated rings. The second-order valence-corrected chi connectivity index (χ2v) is 4.58. The summed E-state index contributed by atoms with van der Waals surface area (Å²) in [5.41, 5.74) is 7.29. The minimum atomic E-state index is 0.134. The molecule has 0 radical (unpaired) electrons. The molecule has 0 aliphatic heterocycles. The predicted molar refractivity (Wildman–Crippen MR) is 76.9 cm³/mol. The first-order chi connectivity index (χ1) is 8.04. The van der Waals surface area contributed by atoms with Gasteiger partial charge in [-0.2, -0.15) is 0 Å². The molecule has 3 N–H and O–H groups in total. The van der Waals surface area contributed by atoms with Crippen molar-refractivity contribution in [3.63, 3.8) is 0 Å². The van der Waals surface area contributed by atoms with Crippen molar-refractivity contribution in [3.8, 4) is 0 Å². The molecule has 0 aliphatic carbocycles. The Morgan fingerprint density at radius 3 is 2.88 bits per heavy atom. The topological polar surface area (TPSA) is 47.3 Å². The van der Waals surface area contributed by atoms with Crippen molar-refractivity contribution in [1.29, 1.82) is 0 Å². The van der Waals surface area contributed by atoms with Gasteiger partial charge in [-0.1, -0.05) is 23.8 Å². The quantitative estimate of drug-likeness (QED) is 0.782. The van der Waals surface area contributed by atoms with Gasteiger partial charge < -0.3 is 15.8 Å². The lowest BCUT2D eigenvalue weighted by Crippen LogP contribution is -2.21. The van der Waals surface area contributed by atoms with E-state index in [1.807, 2.05) is 19.9 Å². The zero-order valence-corrected chi connectivity index (χ0v) is 11.6. The van der Waals surface area contributed by atoms with Gasteiger partial charge in [0, 0.05) is 29.4 Å². The SMILES string of the molecule is CCOC(C)CNc1ccc(Cl)cc1C(N)=S. The molecule has 94 valence electrons. The Morgan fingerprint density at radius 2 is 2.29 bits per heavy atom. The summed E-state index contributed by atoms with van der Waals surface area (Å²) >= 11 is 10.9. The number of halogens is 1. The average Bonchev–Trinajstić information content (AvgIpc) is 2.27. The average molecular weight is 273 g/mol. The van der Waals surface area contributed by atoms with Crippen LogP contribution in [0, 0.1) is 0 Å². The van der Waals surface area contributed by atoms with E-state index in [1.54, 1.807) is 12.1 Å². The van der Waals surface area contributed by atoms with Crippen LogP contribution < -0.4 is 11.1 Å². The third-order valence-corrected chi connectivity index (χ3v) is 2.73. The lowest BCUT2D eigenvalue weighted by atomic mass is 10.1. The third kappa shape index (κ3) is 4.50. The Hall–Kier alpha value is -0.840. The zero-order chi connectivity index (χ0) is 12.8. The van der Waals surface area contributed by atoms with Crippen molar-refractivity contribution in [3.05, 3.63) is 28.8 Å². The highest BCUT2D eigenvalue weighted by Gasteiger charge is 2.07. The zero-order valence-electron chi connectivity index (χ0n) is 10.00. The van der Waals surface area contributed by atoms with Gasteiger partial charge in [-0.25, -0.2) is 0 Å². The summed E-state index contributed by atoms with van der Waals surface area (Å²) in [7, 11) is 0. The van der Waals surface area contributed by atoms with Crippen LogP contribution in [0.5, 0.6) is 0 Å². The lowest BCUT2D eigenvalue weighted by molar-refractivity contribution is 0.0855. The summed E-state index contributed by atoms with van der Waals surface area (Å²) in [6, 6.07) is 5.43. The first-order valence-electron chi connectivity index (χ1n) is 5.49. The molecule has 1 rings (SSSR count). The maximum atomic E-state index is 5.91. The van der Waals surface area contributed by atoms with E-state index in [4.69, 9.17) is 34.3 Å². The van der Waals surface area contributed by atoms with Gasteiger partial charge in [0.25, 0.3) is 0 Å². The molecule has 0 saturated heterocycles. The second kappa shape index (κ2) is 6.79. The summed E-state index contributed by atoms with van der Waals surface area (Å²) in [6.07, 6.45) is 0.134. The van der Waals surface area contributed by atoms with Crippen molar-refractivity contribution in [1.82, 2.24) is 0 Å². The van der Waals surface area contributed by atoms with E-state index in [0.717, 1.165) is 11.3 Å². The summed E-state index contributed by atoms with van der Waals surface area (Å²) in [5.74, 6) is 0. The number of hydrogen-bond acceptors (Lipinski definition) is 3. The summed E-state index contributed by atoms with van der Waals surface area (Å²) in [6.45, 7) is 5.38. The highest BCUT2D eigenvalue weighted by molar-refractivity contribution is 7.80. The maximum absolute atomic E-state index is 5.91. The monoisotopic (exact) mass is 272 g/mol. The summed E-state index contributed by atoms with van der Waals surface area (Å²) < 4.78 is 5.43. The Balaban J connectivity index is 2.73. The molecule has 0 saturated carbocycles. The van der Waals surface area contributed by atoms with Crippen LogP contribution >= 0.6 is 23.8 Å². The van der Waals surface area contributed by atoms with Crippen LogP contribution in [0.3, 0.4) is 0 Å². The number of nitrogens with one attached hydrogen (secondary N) is 1. The highest BCUT2D eigenvalue weighted by Crippen LogP contribution is 2.20. The predicted octanol–water partition coefficient (Wildman–Crippen LogP) is 2.81. The highest BCUT2D eigenvalue weighted by atomic mass is 35.5. The van der Waals surface area contributed by atoms with Crippen molar-refractivity contribution in [2.24, 2.45) is 5.73 Å². The number of hydrogen-bond donors (Lipinski definition) is 2. The molecule has 0 spiro atoms. The van der Waals surface area contributed by atoms with Crippen LogP contribution in [-0.2, 0) is 4.74 Å². The fourth-order valence-corrected chi connectivity index (χ4v) is 1.81. The van der Waals surface area contributed by atoms with E-state index in [0.29, 0.717) is 23.2 Å². The van der Waals surface area contributed by atoms with Crippen LogP contribution in [0.1, 0.15) is 19.4 Å². The molecule has 1 aromatic rings. The van der Waals surface area contributed by atoms with Gasteiger partial charge in [-0.3, -0.25) is 0 Å². The van der Waals surface area contributed by atoms with Gasteiger partial charge in [0.15, 0.2) is 0 Å². The lowest BCUT2D eigenvalue weighted by Gasteiger charge is -2.16. The molecule has 0 heterocycles. The molecule has 17 heavy (non-hydrogen) atoms. The number of nitrogens with two attached hydrogens (primary N) is 1. The van der Waals surface area contributed by atoms with E-state index in [9.17, 15) is 0 Å². The normalized spacial score (nSPS) is 12.2. The Labute approximate surface area is 112 Å². The molecule has 0 bridgehead atoms. The van der Waals surface area contributed by atoms with Crippen LogP contribution in [0.2, 0.25) is 5.02 Å². The van der Waals surface area contributed by atoms with Gasteiger partial charge in [-0.15, -0.1) is 0 Å². The standard InChI is InChI=1S/C12H17ClN2OS/c1-3-16-8(2)7-15-11-5-4-9(13)6-10(11)12(14)17/h4-6,8,15H,3,7H2,1-2H3,(H2,14,17). The fourth-order valence-electron chi connectivity index (χ4n) is 1.47. The first kappa shape index (κ1) is 14.2. The van der Waals surface area contributed by atoms with Gasteiger partial charge in [0.1, 0.15) is 4.99 Å². The minimum absolute atomic E-state index is 0.134. The van der Waals surface area contributed by atoms with E-state index in [2.05, 4.69) is 5.32 Å². The molecular weight excluding hydrogens is 256 g/mol. The number of anilines is 1. The van der Waals surface area contributed by atoms with Crippen molar-refractivity contribution in [2.45, 2.75) is 20.0 Å². The van der Waals surface area contributed by atoms with Gasteiger partial charge in [0.05, 0.1) is 6.10 Å². The first-order valence-corrected chi connectivity index (χ1v) is 6.28. The van der Waals surface area contributed by atoms with Crippen LogP contribution in [-0.4, -0.2) is 24.2 Å². The number of rotatable bonds is 6. The molecular formula is C12H17ClN2OS. The largest absolute Gasteiger partial charge is 0.389 e. The van der Waals surface area contributed by atoms with Crippen molar-refractivity contribution < 1.29 is 4.74 Å². The Kier molecular flexibility index (Phi) is 5.68. The molecule has 1 unspecified atom stereocenters. The van der Waals surface area contributed by atoms with Gasteiger partial charge in [-0.05, 0) is 32.0 Å². The molecule has 0 amide bonds. The van der Waals surface area contributed by atoms with Crippen molar-refractivity contribution in [2.75, 3.05) is 18.5 Å². The fraction of sp³-hybridized carbons (Fsp3) is 0.417. The maximum Gasteiger partial charge on any atom is 0.106 e. The third-order valence-electron chi connectivity index (χ3n) is 2.28. The molecule has 0 aliphatic rings. The molecule has 1 aromatic carbocycles. The van der Waals surface area contributed by atoms with Crippen LogP contribution in [0.25, 0.3) is 0 Å². The number of thiocarbonyl (C=S) groups is 1. The summed E-state index contributed by atoms with van der Waals surface area (Å²) in [4.78, 5) is 0.332. The number of benzene rings is 1. The van der Waals surface area contributed by atoms with E-state index >= 15 is 0 Å². The van der Waals surface area contributed by atoms with Gasteiger partial charge >= 0.3 is 0 Å². The molecule has 3 nitrogen and oxygen atoms in total. The Morgan fingerprint density at radius 1 is 1.59 bits per heavy atom. The molecule has 1 atom stereocenters. The smallest absolute Gasteiger partial charge is 0.106 e. The number of ether oxygens (including phenoxy) is 1. The van der Waals surface area contributed by atoms with E-state index < -0.39 is 0 Å². The summed E-state index contributed by atoms with van der Waals surface area (Å²) in [5, 5.41) is 3.88. The second-order valence-electron chi connectivity index (χ2n) is 3.70. The molecule has 0 aromatic heterocycles. The van der Waals surface area contributed by atoms with E-state index in [1.165, 1.54) is 0 Å². The minimum Gasteiger partial charge on any atom is -0.389 e.